The second-order valence-electron chi connectivity index (χ2n) is 1.39. The molecule has 0 rings (SSSR count). The first-order valence-corrected chi connectivity index (χ1v) is 2.80. The Morgan fingerprint density at radius 2 is 2.27 bits per heavy atom. The molecule has 56 valence electrons. The summed E-state index contributed by atoms with van der Waals surface area (Å²) < 4.78 is 4.40. The van der Waals surface area contributed by atoms with E-state index < -0.39 is 11.7 Å². The van der Waals surface area contributed by atoms with E-state index in [0.717, 1.165) is 0 Å². The average molecular weight is 151 g/mol. The lowest BCUT2D eigenvalue weighted by atomic mass is 10.4. The van der Waals surface area contributed by atoms with E-state index >= 15 is 0 Å². The molecule has 0 aromatic heterocycles. The second-order valence-corrected chi connectivity index (χ2v) is 1.39. The van der Waals surface area contributed by atoms with Crippen LogP contribution in [0.2, 0.25) is 0 Å². The second kappa shape index (κ2) is 4.95. The lowest BCUT2D eigenvalue weighted by Gasteiger charge is -1.94. The van der Waals surface area contributed by atoms with E-state index in [9.17, 15) is 4.79 Å². The van der Waals surface area contributed by atoms with Crippen LogP contribution in [0.5, 0.6) is 0 Å². The summed E-state index contributed by atoms with van der Waals surface area (Å²) in [5.41, 5.74) is -0.519. The van der Waals surface area contributed by atoms with E-state index in [1.807, 2.05) is 0 Å². The van der Waals surface area contributed by atoms with Gasteiger partial charge in [-0.2, -0.15) is 15.5 Å². The molecule has 0 bridgehead atoms. The van der Waals surface area contributed by atoms with Crippen LogP contribution in [0, 0.1) is 22.8 Å². The zero-order valence-corrected chi connectivity index (χ0v) is 5.87. The molecule has 0 fully saturated rings. The lowest BCUT2D eigenvalue weighted by molar-refractivity contribution is -0.134. The van der Waals surface area contributed by atoms with Gasteiger partial charge in [0.05, 0.1) is 6.61 Å². The van der Waals surface area contributed by atoms with Crippen molar-refractivity contribution in [2.24, 2.45) is 4.99 Å². The molecule has 5 nitrogen and oxygen atoms in total. The van der Waals surface area contributed by atoms with Gasteiger partial charge in [0.25, 0.3) is 0 Å². The molecule has 0 saturated heterocycles. The Hall–Kier alpha value is -1.88. The molecule has 0 aliphatic carbocycles. The largest absolute Gasteiger partial charge is 0.461 e. The van der Waals surface area contributed by atoms with Gasteiger partial charge in [-0.05, 0) is 6.92 Å². The van der Waals surface area contributed by atoms with Gasteiger partial charge >= 0.3 is 5.97 Å². The lowest BCUT2D eigenvalue weighted by Crippen LogP contribution is -2.15. The van der Waals surface area contributed by atoms with Crippen molar-refractivity contribution in [3.63, 3.8) is 0 Å². The summed E-state index contributed by atoms with van der Waals surface area (Å²) in [5, 5.41) is 16.2. The van der Waals surface area contributed by atoms with Gasteiger partial charge in [0.2, 0.25) is 11.9 Å². The van der Waals surface area contributed by atoms with Crippen molar-refractivity contribution in [1.29, 1.82) is 10.5 Å². The van der Waals surface area contributed by atoms with E-state index in [1.54, 1.807) is 6.92 Å². The van der Waals surface area contributed by atoms with Crippen LogP contribution in [0.15, 0.2) is 4.99 Å². The first-order chi connectivity index (χ1) is 5.26. The third-order valence-corrected chi connectivity index (χ3v) is 0.736. The van der Waals surface area contributed by atoms with E-state index in [1.165, 1.54) is 12.3 Å². The maximum atomic E-state index is 10.6. The fourth-order valence-corrected chi connectivity index (χ4v) is 0.366. The summed E-state index contributed by atoms with van der Waals surface area (Å²) in [7, 11) is 0. The molecule has 0 aliphatic heterocycles. The van der Waals surface area contributed by atoms with Crippen molar-refractivity contribution in [3.8, 4) is 12.3 Å². The van der Waals surface area contributed by atoms with Crippen molar-refractivity contribution < 1.29 is 9.53 Å². The van der Waals surface area contributed by atoms with Crippen LogP contribution in [-0.2, 0) is 9.53 Å². The van der Waals surface area contributed by atoms with E-state index in [4.69, 9.17) is 10.5 Å². The van der Waals surface area contributed by atoms with Gasteiger partial charge in [-0.1, -0.05) is 0 Å². The summed E-state index contributed by atoms with van der Waals surface area (Å²) in [6.45, 7) is 1.75. The zero-order valence-electron chi connectivity index (χ0n) is 5.87. The van der Waals surface area contributed by atoms with Crippen LogP contribution in [0.25, 0.3) is 0 Å². The summed E-state index contributed by atoms with van der Waals surface area (Å²) in [5.74, 6) is -0.864. The van der Waals surface area contributed by atoms with Gasteiger partial charge in [-0.3, -0.25) is 0 Å². The third-order valence-electron chi connectivity index (χ3n) is 0.736. The first-order valence-electron chi connectivity index (χ1n) is 2.80. The number of ether oxygens (including phenoxy) is 1. The van der Waals surface area contributed by atoms with Gasteiger partial charge in [0.15, 0.2) is 0 Å². The highest BCUT2D eigenvalue weighted by molar-refractivity contribution is 6.43. The van der Waals surface area contributed by atoms with Crippen molar-refractivity contribution >= 4 is 11.7 Å². The summed E-state index contributed by atoms with van der Waals surface area (Å²) >= 11 is 0. The van der Waals surface area contributed by atoms with E-state index in [2.05, 4.69) is 9.73 Å². The fraction of sp³-hybridized carbons (Fsp3) is 0.333. The summed E-state index contributed by atoms with van der Waals surface area (Å²) in [6.07, 6.45) is 1.32. The van der Waals surface area contributed by atoms with Crippen LogP contribution in [0.1, 0.15) is 6.92 Å². The van der Waals surface area contributed by atoms with Crippen LogP contribution in [-0.4, -0.2) is 18.3 Å². The molecule has 5 heteroatoms. The maximum absolute atomic E-state index is 10.6. The Labute approximate surface area is 63.5 Å². The normalized spacial score (nSPS) is 9.55. The highest BCUT2D eigenvalue weighted by atomic mass is 16.5. The van der Waals surface area contributed by atoms with Crippen LogP contribution in [0.4, 0.5) is 0 Å². The van der Waals surface area contributed by atoms with Crippen LogP contribution in [0.3, 0.4) is 0 Å². The predicted octanol–water partition coefficient (Wildman–Crippen LogP) is -0.00484. The number of carbonyl (C=O) groups is 1. The maximum Gasteiger partial charge on any atom is 0.368 e. The van der Waals surface area contributed by atoms with Gasteiger partial charge < -0.3 is 4.74 Å². The number of nitriles is 2. The summed E-state index contributed by atoms with van der Waals surface area (Å²) in [4.78, 5) is 13.6. The van der Waals surface area contributed by atoms with Crippen molar-refractivity contribution in [1.82, 2.24) is 0 Å². The first kappa shape index (κ1) is 9.12. The van der Waals surface area contributed by atoms with Crippen LogP contribution < -0.4 is 0 Å². The number of carbonyl (C=O) groups excluding carboxylic acids is 1. The molecule has 0 aliphatic rings. The molecule has 11 heavy (non-hydrogen) atoms. The minimum Gasteiger partial charge on any atom is -0.461 e. The highest BCUT2D eigenvalue weighted by Crippen LogP contribution is 1.83. The topological polar surface area (TPSA) is 86.2 Å². The minimum atomic E-state index is -0.864. The smallest absolute Gasteiger partial charge is 0.368 e. The minimum absolute atomic E-state index is 0.158. The number of hydrogen-bond donors (Lipinski definition) is 0. The molecule has 0 unspecified atom stereocenters. The number of aliphatic imine (C=N–C) groups is 1. The van der Waals surface area contributed by atoms with Crippen molar-refractivity contribution in [3.05, 3.63) is 0 Å². The molecule has 0 saturated carbocycles. The molecular formula is C6H5N3O2. The van der Waals surface area contributed by atoms with Gasteiger partial charge in [0.1, 0.15) is 6.07 Å². The SMILES string of the molecule is CCOC(=O)C(C#N)=NC#N. The van der Waals surface area contributed by atoms with Crippen LogP contribution >= 0.6 is 0 Å². The molecule has 0 heterocycles. The van der Waals surface area contributed by atoms with Gasteiger partial charge in [0, 0.05) is 0 Å². The van der Waals surface area contributed by atoms with E-state index in [-0.39, 0.29) is 6.61 Å². The number of rotatable bonds is 2. The molecule has 0 radical (unpaired) electrons. The fourth-order valence-electron chi connectivity index (χ4n) is 0.366. The Kier molecular flexibility index (Phi) is 4.10. The molecule has 0 N–H and O–H groups in total. The number of hydrogen-bond acceptors (Lipinski definition) is 5. The molecule has 0 spiro atoms. The van der Waals surface area contributed by atoms with Crippen molar-refractivity contribution in [2.45, 2.75) is 6.92 Å². The van der Waals surface area contributed by atoms with Gasteiger partial charge in [-0.25, -0.2) is 4.79 Å². The molecule has 0 aromatic carbocycles. The Morgan fingerprint density at radius 3 is 2.64 bits per heavy atom. The highest BCUT2D eigenvalue weighted by Gasteiger charge is 2.10. The predicted molar refractivity (Wildman–Crippen MR) is 35.3 cm³/mol. The molecular weight excluding hydrogens is 146 g/mol. The Bertz CT molecular complexity index is 256. The summed E-state index contributed by atoms with van der Waals surface area (Å²) in [6, 6.07) is 1.44. The quantitative estimate of drug-likeness (QED) is 0.315. The average Bonchev–Trinajstić information content (AvgIpc) is 2.00. The molecule has 0 amide bonds. The number of esters is 1. The van der Waals surface area contributed by atoms with Crippen molar-refractivity contribution in [2.75, 3.05) is 6.61 Å². The molecule has 0 aromatic rings. The molecule has 0 atom stereocenters. The third kappa shape index (κ3) is 2.97. The Balaban J connectivity index is 4.33. The number of nitrogens with zero attached hydrogens (tertiary/aromatic N) is 3. The standard InChI is InChI=1S/C6H5N3O2/c1-2-11-6(10)5(3-7)9-4-8/h2H2,1H3. The van der Waals surface area contributed by atoms with E-state index in [0.29, 0.717) is 0 Å². The van der Waals surface area contributed by atoms with Gasteiger partial charge in [-0.15, -0.1) is 0 Å². The zero-order chi connectivity index (χ0) is 8.69. The Morgan fingerprint density at radius 1 is 1.64 bits per heavy atom. The monoisotopic (exact) mass is 151 g/mol.